The van der Waals surface area contributed by atoms with E-state index in [1.807, 2.05) is 0 Å². The average Bonchev–Trinajstić information content (AvgIpc) is 2.59. The lowest BCUT2D eigenvalue weighted by molar-refractivity contribution is -0.137. The Labute approximate surface area is 150 Å². The molecule has 0 atom stereocenters. The van der Waals surface area contributed by atoms with Crippen molar-refractivity contribution in [3.8, 4) is 5.75 Å². The number of rotatable bonds is 4. The number of alkyl halides is 3. The Morgan fingerprint density at radius 2 is 2.04 bits per heavy atom. The SMILES string of the molecule is O=C(CSc1cccc(C(F)(F)F)c1)Nc1ccc2c(c1)NC(=O)CO2. The number of hydrogen-bond acceptors (Lipinski definition) is 4. The summed E-state index contributed by atoms with van der Waals surface area (Å²) in [6, 6.07) is 9.58. The number of thioether (sulfide) groups is 1. The lowest BCUT2D eigenvalue weighted by atomic mass is 10.2. The molecule has 9 heteroatoms. The summed E-state index contributed by atoms with van der Waals surface area (Å²) in [5.74, 6) is -0.223. The van der Waals surface area contributed by atoms with E-state index in [1.54, 1.807) is 18.2 Å². The Bertz CT molecular complexity index is 855. The quantitative estimate of drug-likeness (QED) is 0.790. The van der Waals surface area contributed by atoms with E-state index in [1.165, 1.54) is 12.1 Å². The van der Waals surface area contributed by atoms with E-state index < -0.39 is 11.7 Å². The normalized spacial score (nSPS) is 13.4. The fraction of sp³-hybridized carbons (Fsp3) is 0.176. The van der Waals surface area contributed by atoms with Gasteiger partial charge in [0.25, 0.3) is 5.91 Å². The molecule has 1 heterocycles. The van der Waals surface area contributed by atoms with Gasteiger partial charge in [-0.15, -0.1) is 11.8 Å². The minimum absolute atomic E-state index is 0.0543. The van der Waals surface area contributed by atoms with Crippen molar-refractivity contribution in [1.82, 2.24) is 0 Å². The van der Waals surface area contributed by atoms with E-state index in [0.29, 0.717) is 22.0 Å². The second kappa shape index (κ2) is 7.28. The number of benzene rings is 2. The molecule has 2 amide bonds. The van der Waals surface area contributed by atoms with Crippen LogP contribution in [0, 0.1) is 0 Å². The van der Waals surface area contributed by atoms with Crippen molar-refractivity contribution in [2.45, 2.75) is 11.1 Å². The van der Waals surface area contributed by atoms with Crippen LogP contribution in [-0.2, 0) is 15.8 Å². The van der Waals surface area contributed by atoms with Crippen molar-refractivity contribution in [1.29, 1.82) is 0 Å². The van der Waals surface area contributed by atoms with Crippen LogP contribution in [-0.4, -0.2) is 24.2 Å². The summed E-state index contributed by atoms with van der Waals surface area (Å²) in [4.78, 5) is 23.7. The van der Waals surface area contributed by atoms with Crippen LogP contribution in [0.3, 0.4) is 0 Å². The van der Waals surface area contributed by atoms with Gasteiger partial charge in [0.05, 0.1) is 17.0 Å². The van der Waals surface area contributed by atoms with Crippen molar-refractivity contribution in [3.63, 3.8) is 0 Å². The molecular formula is C17H13F3N2O3S. The zero-order valence-corrected chi connectivity index (χ0v) is 14.0. The van der Waals surface area contributed by atoms with Gasteiger partial charge in [-0.3, -0.25) is 9.59 Å². The van der Waals surface area contributed by atoms with Gasteiger partial charge in [-0.25, -0.2) is 0 Å². The summed E-state index contributed by atoms with van der Waals surface area (Å²) in [6.07, 6.45) is -4.42. The third-order valence-corrected chi connectivity index (χ3v) is 4.42. The number of ether oxygens (including phenoxy) is 1. The van der Waals surface area contributed by atoms with Gasteiger partial charge in [0.1, 0.15) is 5.75 Å². The highest BCUT2D eigenvalue weighted by molar-refractivity contribution is 8.00. The number of carbonyl (C=O) groups excluding carboxylic acids is 2. The molecule has 0 radical (unpaired) electrons. The maximum atomic E-state index is 12.7. The zero-order chi connectivity index (χ0) is 18.7. The largest absolute Gasteiger partial charge is 0.482 e. The fourth-order valence-electron chi connectivity index (χ4n) is 2.27. The van der Waals surface area contributed by atoms with Crippen LogP contribution in [0.4, 0.5) is 24.5 Å². The third-order valence-electron chi connectivity index (χ3n) is 3.43. The van der Waals surface area contributed by atoms with Crippen LogP contribution in [0.25, 0.3) is 0 Å². The molecule has 0 unspecified atom stereocenters. The van der Waals surface area contributed by atoms with E-state index in [2.05, 4.69) is 10.6 Å². The molecule has 0 spiro atoms. The van der Waals surface area contributed by atoms with E-state index in [0.717, 1.165) is 23.9 Å². The molecule has 0 aliphatic carbocycles. The summed E-state index contributed by atoms with van der Waals surface area (Å²) < 4.78 is 43.3. The molecular weight excluding hydrogens is 369 g/mol. The van der Waals surface area contributed by atoms with Gasteiger partial charge in [-0.05, 0) is 36.4 Å². The Morgan fingerprint density at radius 1 is 1.23 bits per heavy atom. The van der Waals surface area contributed by atoms with Crippen molar-refractivity contribution in [2.75, 3.05) is 23.0 Å². The van der Waals surface area contributed by atoms with Gasteiger partial charge < -0.3 is 15.4 Å². The molecule has 0 saturated carbocycles. The van der Waals surface area contributed by atoms with Gasteiger partial charge in [-0.2, -0.15) is 13.2 Å². The van der Waals surface area contributed by atoms with Crippen molar-refractivity contribution >= 4 is 35.0 Å². The molecule has 3 rings (SSSR count). The number of anilines is 2. The van der Waals surface area contributed by atoms with Crippen LogP contribution in [0.2, 0.25) is 0 Å². The number of nitrogens with one attached hydrogen (secondary N) is 2. The van der Waals surface area contributed by atoms with Crippen LogP contribution in [0.5, 0.6) is 5.75 Å². The van der Waals surface area contributed by atoms with Gasteiger partial charge in [0.15, 0.2) is 6.61 Å². The first-order valence-electron chi connectivity index (χ1n) is 7.48. The Morgan fingerprint density at radius 3 is 2.81 bits per heavy atom. The molecule has 5 nitrogen and oxygen atoms in total. The zero-order valence-electron chi connectivity index (χ0n) is 13.2. The number of amides is 2. The fourth-order valence-corrected chi connectivity index (χ4v) is 3.02. The van der Waals surface area contributed by atoms with E-state index in [4.69, 9.17) is 4.74 Å². The lowest BCUT2D eigenvalue weighted by Crippen LogP contribution is -2.25. The molecule has 0 saturated heterocycles. The summed E-state index contributed by atoms with van der Waals surface area (Å²) in [6.45, 7) is -0.0632. The van der Waals surface area contributed by atoms with Gasteiger partial charge in [0, 0.05) is 10.6 Å². The van der Waals surface area contributed by atoms with Gasteiger partial charge in [-0.1, -0.05) is 6.07 Å². The van der Waals surface area contributed by atoms with Gasteiger partial charge >= 0.3 is 6.18 Å². The van der Waals surface area contributed by atoms with Gasteiger partial charge in [0.2, 0.25) is 5.91 Å². The molecule has 0 fully saturated rings. The lowest BCUT2D eigenvalue weighted by Gasteiger charge is -2.18. The van der Waals surface area contributed by atoms with E-state index in [9.17, 15) is 22.8 Å². The number of halogens is 3. The standard InChI is InChI=1S/C17H13F3N2O3S/c18-17(19,20)10-2-1-3-12(6-10)26-9-16(24)21-11-4-5-14-13(7-11)22-15(23)8-25-14/h1-7H,8-9H2,(H,21,24)(H,22,23). The highest BCUT2D eigenvalue weighted by Crippen LogP contribution is 2.32. The third kappa shape index (κ3) is 4.48. The highest BCUT2D eigenvalue weighted by Gasteiger charge is 2.30. The first-order valence-corrected chi connectivity index (χ1v) is 8.46. The number of hydrogen-bond donors (Lipinski definition) is 2. The Kier molecular flexibility index (Phi) is 5.08. The smallest absolute Gasteiger partial charge is 0.416 e. The first kappa shape index (κ1) is 18.1. The van der Waals surface area contributed by atoms with Crippen LogP contribution in [0.1, 0.15) is 5.56 Å². The van der Waals surface area contributed by atoms with E-state index in [-0.39, 0.29) is 24.2 Å². The minimum Gasteiger partial charge on any atom is -0.482 e. The molecule has 0 bridgehead atoms. The maximum absolute atomic E-state index is 12.7. The van der Waals surface area contributed by atoms with E-state index >= 15 is 0 Å². The highest BCUT2D eigenvalue weighted by atomic mass is 32.2. The van der Waals surface area contributed by atoms with Crippen LogP contribution in [0.15, 0.2) is 47.4 Å². The topological polar surface area (TPSA) is 67.4 Å². The second-order valence-corrected chi connectivity index (χ2v) is 6.46. The first-order chi connectivity index (χ1) is 12.3. The number of carbonyl (C=O) groups is 2. The Hall–Kier alpha value is -2.68. The maximum Gasteiger partial charge on any atom is 0.416 e. The second-order valence-electron chi connectivity index (χ2n) is 5.41. The molecule has 2 aromatic carbocycles. The van der Waals surface area contributed by atoms with Crippen molar-refractivity contribution < 1.29 is 27.5 Å². The molecule has 1 aliphatic heterocycles. The molecule has 26 heavy (non-hydrogen) atoms. The summed E-state index contributed by atoms with van der Waals surface area (Å²) in [7, 11) is 0. The van der Waals surface area contributed by atoms with Crippen LogP contribution >= 0.6 is 11.8 Å². The predicted molar refractivity (Wildman–Crippen MR) is 91.4 cm³/mol. The molecule has 136 valence electrons. The minimum atomic E-state index is -4.42. The van der Waals surface area contributed by atoms with Crippen molar-refractivity contribution in [3.05, 3.63) is 48.0 Å². The summed E-state index contributed by atoms with van der Waals surface area (Å²) >= 11 is 1.00. The molecule has 0 aromatic heterocycles. The summed E-state index contributed by atoms with van der Waals surface area (Å²) in [5.41, 5.74) is 0.141. The number of fused-ring (bicyclic) bond motifs is 1. The Balaban J connectivity index is 1.60. The van der Waals surface area contributed by atoms with Crippen molar-refractivity contribution in [2.24, 2.45) is 0 Å². The molecule has 2 N–H and O–H groups in total. The van der Waals surface area contributed by atoms with Crippen LogP contribution < -0.4 is 15.4 Å². The predicted octanol–water partition coefficient (Wildman–Crippen LogP) is 3.77. The average molecular weight is 382 g/mol. The molecule has 1 aliphatic rings. The summed E-state index contributed by atoms with van der Waals surface area (Å²) in [5, 5.41) is 5.26. The molecule has 2 aromatic rings. The monoisotopic (exact) mass is 382 g/mol.